The second-order valence-electron chi connectivity index (χ2n) is 3.86. The van der Waals surface area contributed by atoms with E-state index in [-0.39, 0.29) is 11.4 Å². The molecule has 3 N–H and O–H groups in total. The van der Waals surface area contributed by atoms with Gasteiger partial charge in [-0.15, -0.1) is 0 Å². The molecule has 0 bridgehead atoms. The molecule has 1 aromatic rings. The first-order valence-electron chi connectivity index (χ1n) is 5.80. The molecule has 0 aliphatic carbocycles. The third-order valence-electron chi connectivity index (χ3n) is 2.44. The van der Waals surface area contributed by atoms with Crippen molar-refractivity contribution in [3.63, 3.8) is 0 Å². The van der Waals surface area contributed by atoms with Gasteiger partial charge in [0.1, 0.15) is 5.69 Å². The van der Waals surface area contributed by atoms with Crippen molar-refractivity contribution in [2.45, 2.75) is 6.92 Å². The number of nitro groups is 1. The first kappa shape index (κ1) is 14.5. The molecular formula is C14H17N3O2. The predicted octanol–water partition coefficient (Wildman–Crippen LogP) is 3.28. The molecule has 0 unspecified atom stereocenters. The van der Waals surface area contributed by atoms with E-state index in [1.165, 1.54) is 12.1 Å². The lowest BCUT2D eigenvalue weighted by molar-refractivity contribution is -0.383. The molecule has 0 amide bonds. The summed E-state index contributed by atoms with van der Waals surface area (Å²) >= 11 is 0. The van der Waals surface area contributed by atoms with E-state index in [0.717, 1.165) is 5.57 Å². The minimum absolute atomic E-state index is 0.0923. The van der Waals surface area contributed by atoms with Crippen molar-refractivity contribution in [1.82, 2.24) is 0 Å². The molecule has 0 aromatic heterocycles. The maximum Gasteiger partial charge on any atom is 0.294 e. The van der Waals surface area contributed by atoms with E-state index in [2.05, 4.69) is 11.9 Å². The van der Waals surface area contributed by atoms with E-state index in [1.807, 2.05) is 25.2 Å². The Bertz CT molecular complexity index is 533. The molecule has 1 aromatic carbocycles. The Morgan fingerprint density at radius 1 is 1.58 bits per heavy atom. The van der Waals surface area contributed by atoms with Crippen molar-refractivity contribution in [2.24, 2.45) is 0 Å². The molecule has 1 rings (SSSR count). The molecule has 5 heteroatoms. The van der Waals surface area contributed by atoms with E-state index >= 15 is 0 Å². The number of anilines is 2. The molecule has 0 aliphatic heterocycles. The average Bonchev–Trinajstić information content (AvgIpc) is 2.37. The first-order chi connectivity index (χ1) is 9.08. The molecular weight excluding hydrogens is 242 g/mol. The summed E-state index contributed by atoms with van der Waals surface area (Å²) in [5.74, 6) is 0. The van der Waals surface area contributed by atoms with Gasteiger partial charge >= 0.3 is 0 Å². The lowest BCUT2D eigenvalue weighted by Gasteiger charge is -2.07. The van der Waals surface area contributed by atoms with Crippen molar-refractivity contribution in [3.05, 3.63) is 64.8 Å². The van der Waals surface area contributed by atoms with E-state index in [4.69, 9.17) is 5.73 Å². The molecule has 0 radical (unpaired) electrons. The highest BCUT2D eigenvalue weighted by molar-refractivity contribution is 5.65. The number of hydrogen-bond acceptors (Lipinski definition) is 4. The van der Waals surface area contributed by atoms with Gasteiger partial charge in [0.25, 0.3) is 5.69 Å². The largest absolute Gasteiger partial charge is 0.393 e. The summed E-state index contributed by atoms with van der Waals surface area (Å²) < 4.78 is 0. The van der Waals surface area contributed by atoms with Crippen molar-refractivity contribution in [1.29, 1.82) is 0 Å². The van der Waals surface area contributed by atoms with Crippen molar-refractivity contribution in [3.8, 4) is 0 Å². The lowest BCUT2D eigenvalue weighted by atomic mass is 10.2. The van der Waals surface area contributed by atoms with Gasteiger partial charge in [-0.1, -0.05) is 30.9 Å². The molecule has 0 atom stereocenters. The number of benzene rings is 1. The van der Waals surface area contributed by atoms with E-state index in [1.54, 1.807) is 12.1 Å². The van der Waals surface area contributed by atoms with Crippen LogP contribution in [0.15, 0.2) is 54.7 Å². The molecule has 0 aliphatic rings. The van der Waals surface area contributed by atoms with Crippen LogP contribution in [0, 0.1) is 10.1 Å². The quantitative estimate of drug-likeness (QED) is 0.355. The van der Waals surface area contributed by atoms with Gasteiger partial charge in [0.15, 0.2) is 0 Å². The first-order valence-corrected chi connectivity index (χ1v) is 5.80. The predicted molar refractivity (Wildman–Crippen MR) is 79.1 cm³/mol. The van der Waals surface area contributed by atoms with Crippen LogP contribution in [0.2, 0.25) is 0 Å². The zero-order valence-corrected chi connectivity index (χ0v) is 10.8. The fourth-order valence-electron chi connectivity index (χ4n) is 1.55. The minimum Gasteiger partial charge on any atom is -0.393 e. The monoisotopic (exact) mass is 259 g/mol. The van der Waals surface area contributed by atoms with Gasteiger partial charge in [-0.3, -0.25) is 10.1 Å². The summed E-state index contributed by atoms with van der Waals surface area (Å²) in [4.78, 5) is 10.3. The average molecular weight is 259 g/mol. The summed E-state index contributed by atoms with van der Waals surface area (Å²) in [6.07, 6.45) is 7.43. The van der Waals surface area contributed by atoms with Crippen LogP contribution in [0.1, 0.15) is 6.92 Å². The number of nitrogens with two attached hydrogens (primary N) is 1. The van der Waals surface area contributed by atoms with Gasteiger partial charge in [0.05, 0.1) is 4.92 Å². The topological polar surface area (TPSA) is 81.2 Å². The van der Waals surface area contributed by atoms with E-state index < -0.39 is 4.92 Å². The molecule has 0 fully saturated rings. The molecule has 0 heterocycles. The van der Waals surface area contributed by atoms with Gasteiger partial charge in [-0.2, -0.15) is 0 Å². The third-order valence-corrected chi connectivity index (χ3v) is 2.44. The van der Waals surface area contributed by atoms with Crippen LogP contribution in [0.3, 0.4) is 0 Å². The zero-order chi connectivity index (χ0) is 14.3. The van der Waals surface area contributed by atoms with E-state index in [9.17, 15) is 10.1 Å². The number of rotatable bonds is 6. The number of allylic oxidation sites excluding steroid dienone is 3. The third kappa shape index (κ3) is 4.31. The Kier molecular flexibility index (Phi) is 5.35. The maximum atomic E-state index is 10.8. The summed E-state index contributed by atoms with van der Waals surface area (Å²) in [6, 6.07) is 4.66. The zero-order valence-electron chi connectivity index (χ0n) is 10.8. The van der Waals surface area contributed by atoms with Gasteiger partial charge in [-0.25, -0.2) is 0 Å². The second-order valence-corrected chi connectivity index (χ2v) is 3.86. The Balaban J connectivity index is 2.83. The molecule has 0 saturated carbocycles. The maximum absolute atomic E-state index is 10.8. The summed E-state index contributed by atoms with van der Waals surface area (Å²) in [5, 5.41) is 13.9. The van der Waals surface area contributed by atoms with Crippen molar-refractivity contribution >= 4 is 17.1 Å². The molecule has 100 valence electrons. The Morgan fingerprint density at radius 3 is 2.89 bits per heavy atom. The minimum atomic E-state index is -0.493. The van der Waals surface area contributed by atoms with Gasteiger partial charge in [0, 0.05) is 18.3 Å². The van der Waals surface area contributed by atoms with Gasteiger partial charge in [0.2, 0.25) is 0 Å². The van der Waals surface area contributed by atoms with Crippen molar-refractivity contribution in [2.75, 3.05) is 17.6 Å². The standard InChI is InChI=1S/C14H17N3O2/c1-3-5-11(6-4-2)10-16-12-7-8-13(15)14(9-12)17(18)19/h3-9,16H,1,10,15H2,2H3/b6-4-,11-5+. The molecule has 19 heavy (non-hydrogen) atoms. The van der Waals surface area contributed by atoms with Crippen LogP contribution >= 0.6 is 0 Å². The molecule has 5 nitrogen and oxygen atoms in total. The highest BCUT2D eigenvalue weighted by Crippen LogP contribution is 2.25. The number of nitrogens with zero attached hydrogens (tertiary/aromatic N) is 1. The Morgan fingerprint density at radius 2 is 2.32 bits per heavy atom. The van der Waals surface area contributed by atoms with Crippen LogP contribution in [-0.4, -0.2) is 11.5 Å². The fraction of sp³-hybridized carbons (Fsp3) is 0.143. The van der Waals surface area contributed by atoms with Crippen LogP contribution in [0.25, 0.3) is 0 Å². The smallest absolute Gasteiger partial charge is 0.294 e. The van der Waals surface area contributed by atoms with Crippen LogP contribution in [0.5, 0.6) is 0 Å². The summed E-state index contributed by atoms with van der Waals surface area (Å²) in [5.41, 5.74) is 7.28. The van der Waals surface area contributed by atoms with E-state index in [0.29, 0.717) is 12.2 Å². The molecule has 0 saturated heterocycles. The van der Waals surface area contributed by atoms with Crippen LogP contribution in [-0.2, 0) is 0 Å². The number of nitrogen functional groups attached to an aromatic ring is 1. The lowest BCUT2D eigenvalue weighted by Crippen LogP contribution is -2.04. The SMILES string of the molecule is C=C/C=C(\C=C/C)CNc1ccc(N)c([N+](=O)[O-])c1. The Labute approximate surface area is 112 Å². The van der Waals surface area contributed by atoms with Crippen molar-refractivity contribution < 1.29 is 4.92 Å². The van der Waals surface area contributed by atoms with Gasteiger partial charge < -0.3 is 11.1 Å². The Hall–Kier alpha value is -2.56. The van der Waals surface area contributed by atoms with Gasteiger partial charge in [-0.05, 0) is 24.6 Å². The van der Waals surface area contributed by atoms with Crippen LogP contribution < -0.4 is 11.1 Å². The normalized spacial score (nSPS) is 11.5. The summed E-state index contributed by atoms with van der Waals surface area (Å²) in [6.45, 7) is 6.12. The second kappa shape index (κ2) is 7.00. The summed E-state index contributed by atoms with van der Waals surface area (Å²) in [7, 11) is 0. The van der Waals surface area contributed by atoms with Crippen LogP contribution in [0.4, 0.5) is 17.1 Å². The highest BCUT2D eigenvalue weighted by atomic mass is 16.6. The molecule has 0 spiro atoms. The highest BCUT2D eigenvalue weighted by Gasteiger charge is 2.11. The number of nitro benzene ring substituents is 1. The fourth-order valence-corrected chi connectivity index (χ4v) is 1.55. The number of nitrogens with one attached hydrogen (secondary N) is 1. The number of hydrogen-bond donors (Lipinski definition) is 2.